The maximum absolute atomic E-state index is 8.92. The monoisotopic (exact) mass is 229 g/mol. The van der Waals surface area contributed by atoms with Crippen LogP contribution in [0.25, 0.3) is 0 Å². The van der Waals surface area contributed by atoms with E-state index in [2.05, 4.69) is 10.1 Å². The van der Waals surface area contributed by atoms with Gasteiger partial charge in [-0.1, -0.05) is 0 Å². The van der Waals surface area contributed by atoms with Crippen LogP contribution in [-0.4, -0.2) is 14.8 Å². The molecule has 2 N–H and O–H groups in total. The van der Waals surface area contributed by atoms with Crippen LogP contribution in [0.5, 0.6) is 11.8 Å². The molecule has 6 heteroatoms. The van der Waals surface area contributed by atoms with Gasteiger partial charge in [0.25, 0.3) is 0 Å². The Hall–Kier alpha value is -2.55. The lowest BCUT2D eigenvalue weighted by Gasteiger charge is -2.03. The van der Waals surface area contributed by atoms with E-state index in [1.54, 1.807) is 16.9 Å². The quantitative estimate of drug-likeness (QED) is 0.862. The Bertz CT molecular complexity index is 569. The van der Waals surface area contributed by atoms with Crippen molar-refractivity contribution in [3.8, 4) is 17.8 Å². The van der Waals surface area contributed by atoms with E-state index in [9.17, 15) is 0 Å². The summed E-state index contributed by atoms with van der Waals surface area (Å²) in [7, 11) is 0. The first-order chi connectivity index (χ1) is 8.22. The molecule has 2 aromatic heterocycles. The molecule has 2 heterocycles. The number of nitrogens with zero attached hydrogens (tertiary/aromatic N) is 4. The van der Waals surface area contributed by atoms with Crippen molar-refractivity contribution < 1.29 is 4.74 Å². The fourth-order valence-electron chi connectivity index (χ4n) is 1.30. The zero-order chi connectivity index (χ0) is 12.3. The van der Waals surface area contributed by atoms with Crippen molar-refractivity contribution in [1.82, 2.24) is 14.8 Å². The van der Waals surface area contributed by atoms with Gasteiger partial charge in [0.05, 0.1) is 11.9 Å². The predicted molar refractivity (Wildman–Crippen MR) is 61.3 cm³/mol. The van der Waals surface area contributed by atoms with E-state index in [1.807, 2.05) is 13.0 Å². The number of aryl methyl sites for hydroxylation is 1. The Kier molecular flexibility index (Phi) is 2.92. The van der Waals surface area contributed by atoms with Gasteiger partial charge in [-0.25, -0.2) is 4.98 Å². The summed E-state index contributed by atoms with van der Waals surface area (Å²) in [5.41, 5.74) is 6.25. The van der Waals surface area contributed by atoms with E-state index in [0.29, 0.717) is 11.6 Å². The third kappa shape index (κ3) is 2.34. The maximum atomic E-state index is 8.92. The summed E-state index contributed by atoms with van der Waals surface area (Å²) < 4.78 is 7.14. The first-order valence-electron chi connectivity index (χ1n) is 5.10. The van der Waals surface area contributed by atoms with E-state index in [0.717, 1.165) is 6.54 Å². The molecule has 0 saturated carbocycles. The standard InChI is InChI=1S/C11H11N5O/c1-2-16-4-3-10(15-16)17-11-8(6-12)5-9(13)7-14-11/h3-5,7H,2,13H2,1H3. The first kappa shape index (κ1) is 11.0. The second-order valence-corrected chi connectivity index (χ2v) is 3.34. The number of hydrogen-bond donors (Lipinski definition) is 1. The molecule has 0 fully saturated rings. The number of nitriles is 1. The first-order valence-corrected chi connectivity index (χ1v) is 5.10. The Labute approximate surface area is 98.3 Å². The Morgan fingerprint density at radius 1 is 1.59 bits per heavy atom. The topological polar surface area (TPSA) is 89.8 Å². The largest absolute Gasteiger partial charge is 0.418 e. The van der Waals surface area contributed by atoms with Crippen molar-refractivity contribution >= 4 is 5.69 Å². The normalized spacial score (nSPS) is 9.88. The molecular weight excluding hydrogens is 218 g/mol. The maximum Gasteiger partial charge on any atom is 0.240 e. The Morgan fingerprint density at radius 3 is 3.06 bits per heavy atom. The summed E-state index contributed by atoms with van der Waals surface area (Å²) in [6, 6.07) is 5.20. The van der Waals surface area contributed by atoms with Gasteiger partial charge in [0, 0.05) is 18.8 Å². The highest BCUT2D eigenvalue weighted by molar-refractivity contribution is 5.49. The van der Waals surface area contributed by atoms with Gasteiger partial charge >= 0.3 is 0 Å². The van der Waals surface area contributed by atoms with Crippen molar-refractivity contribution in [3.63, 3.8) is 0 Å². The Balaban J connectivity index is 2.27. The summed E-state index contributed by atoms with van der Waals surface area (Å²) in [6.07, 6.45) is 3.23. The second kappa shape index (κ2) is 4.53. The van der Waals surface area contributed by atoms with Crippen molar-refractivity contribution in [2.45, 2.75) is 13.5 Å². The average Bonchev–Trinajstić information content (AvgIpc) is 2.79. The molecule has 0 bridgehead atoms. The van der Waals surface area contributed by atoms with Gasteiger partial charge in [-0.05, 0) is 13.0 Å². The molecule has 0 radical (unpaired) electrons. The molecule has 0 atom stereocenters. The highest BCUT2D eigenvalue weighted by atomic mass is 16.5. The number of pyridine rings is 1. The lowest BCUT2D eigenvalue weighted by Crippen LogP contribution is -1.97. The van der Waals surface area contributed by atoms with Crippen LogP contribution in [0, 0.1) is 11.3 Å². The van der Waals surface area contributed by atoms with Gasteiger partial charge in [0.1, 0.15) is 11.6 Å². The number of nitrogen functional groups attached to an aromatic ring is 1. The van der Waals surface area contributed by atoms with Crippen molar-refractivity contribution in [2.24, 2.45) is 0 Å². The van der Waals surface area contributed by atoms with Crippen molar-refractivity contribution in [1.29, 1.82) is 5.26 Å². The van der Waals surface area contributed by atoms with Gasteiger partial charge < -0.3 is 10.5 Å². The van der Waals surface area contributed by atoms with Crippen LogP contribution in [0.3, 0.4) is 0 Å². The molecule has 0 aliphatic carbocycles. The molecule has 0 aliphatic heterocycles. The lowest BCUT2D eigenvalue weighted by atomic mass is 10.3. The van der Waals surface area contributed by atoms with Gasteiger partial charge in [-0.2, -0.15) is 5.26 Å². The fraction of sp³-hybridized carbons (Fsp3) is 0.182. The molecule has 6 nitrogen and oxygen atoms in total. The zero-order valence-electron chi connectivity index (χ0n) is 9.29. The minimum absolute atomic E-state index is 0.211. The smallest absolute Gasteiger partial charge is 0.240 e. The van der Waals surface area contributed by atoms with Gasteiger partial charge in [-0.15, -0.1) is 5.10 Å². The van der Waals surface area contributed by atoms with Crippen LogP contribution in [-0.2, 0) is 6.54 Å². The third-order valence-corrected chi connectivity index (χ3v) is 2.13. The molecule has 17 heavy (non-hydrogen) atoms. The Morgan fingerprint density at radius 2 is 2.41 bits per heavy atom. The molecule has 86 valence electrons. The molecule has 2 aromatic rings. The van der Waals surface area contributed by atoms with Crippen molar-refractivity contribution in [3.05, 3.63) is 30.1 Å². The summed E-state index contributed by atoms with van der Waals surface area (Å²) in [4.78, 5) is 3.96. The summed E-state index contributed by atoms with van der Waals surface area (Å²) in [5, 5.41) is 13.1. The van der Waals surface area contributed by atoms with Crippen molar-refractivity contribution in [2.75, 3.05) is 5.73 Å². The lowest BCUT2D eigenvalue weighted by molar-refractivity contribution is 0.432. The zero-order valence-corrected chi connectivity index (χ0v) is 9.29. The molecule has 0 saturated heterocycles. The van der Waals surface area contributed by atoms with E-state index in [1.165, 1.54) is 12.3 Å². The highest BCUT2D eigenvalue weighted by Gasteiger charge is 2.08. The SMILES string of the molecule is CCn1ccc(Oc2ncc(N)cc2C#N)n1. The van der Waals surface area contributed by atoms with E-state index in [4.69, 9.17) is 15.7 Å². The van der Waals surface area contributed by atoms with Crippen LogP contribution >= 0.6 is 0 Å². The molecule has 0 unspecified atom stereocenters. The number of anilines is 1. The average molecular weight is 229 g/mol. The summed E-state index contributed by atoms with van der Waals surface area (Å²) in [6.45, 7) is 2.72. The number of ether oxygens (including phenoxy) is 1. The van der Waals surface area contributed by atoms with Gasteiger partial charge in [0.2, 0.25) is 11.8 Å². The molecule has 0 aliphatic rings. The molecule has 0 amide bonds. The van der Waals surface area contributed by atoms with Crippen LogP contribution in [0.15, 0.2) is 24.5 Å². The third-order valence-electron chi connectivity index (χ3n) is 2.13. The van der Waals surface area contributed by atoms with Crippen LogP contribution < -0.4 is 10.5 Å². The minimum atomic E-state index is 0.211. The number of rotatable bonds is 3. The summed E-state index contributed by atoms with van der Waals surface area (Å²) in [5.74, 6) is 0.615. The van der Waals surface area contributed by atoms with Gasteiger partial charge in [-0.3, -0.25) is 4.68 Å². The fourth-order valence-corrected chi connectivity index (χ4v) is 1.30. The minimum Gasteiger partial charge on any atom is -0.418 e. The molecule has 2 rings (SSSR count). The van der Waals surface area contributed by atoms with E-state index < -0.39 is 0 Å². The number of nitrogens with two attached hydrogens (primary N) is 1. The number of hydrogen-bond acceptors (Lipinski definition) is 5. The van der Waals surface area contributed by atoms with Crippen LogP contribution in [0.4, 0.5) is 5.69 Å². The summed E-state index contributed by atoms with van der Waals surface area (Å²) >= 11 is 0. The van der Waals surface area contributed by atoms with Crippen LogP contribution in [0.1, 0.15) is 12.5 Å². The molecular formula is C11H11N5O. The molecule has 0 spiro atoms. The van der Waals surface area contributed by atoms with Gasteiger partial charge in [0.15, 0.2) is 0 Å². The van der Waals surface area contributed by atoms with E-state index in [-0.39, 0.29) is 11.4 Å². The molecule has 0 aromatic carbocycles. The number of aromatic nitrogens is 3. The predicted octanol–water partition coefficient (Wildman–Crippen LogP) is 1.54. The van der Waals surface area contributed by atoms with Crippen LogP contribution in [0.2, 0.25) is 0 Å². The highest BCUT2D eigenvalue weighted by Crippen LogP contribution is 2.22. The van der Waals surface area contributed by atoms with E-state index >= 15 is 0 Å². The second-order valence-electron chi connectivity index (χ2n) is 3.34.